The third-order valence-corrected chi connectivity index (χ3v) is 6.51. The standard InChI is InChI=1S/C22H29N3O3S/c1-3-24-12-14-25(15-13-24)11-10-20(26)23-21-18(22(27)28-4-2)16-19(29-21)17-8-6-5-7-9-17/h5-9,16H,3-4,10-15H2,1-2H3,(H,23,26)/p+2. The molecule has 29 heavy (non-hydrogen) atoms. The molecule has 0 unspecified atom stereocenters. The molecule has 6 nitrogen and oxygen atoms in total. The van der Waals surface area contributed by atoms with Gasteiger partial charge in [-0.15, -0.1) is 11.3 Å². The molecule has 1 aliphatic heterocycles. The van der Waals surface area contributed by atoms with Crippen LogP contribution in [0.15, 0.2) is 36.4 Å². The van der Waals surface area contributed by atoms with Crippen molar-refractivity contribution in [3.8, 4) is 10.4 Å². The van der Waals surface area contributed by atoms with Crippen molar-refractivity contribution in [2.45, 2.75) is 20.3 Å². The van der Waals surface area contributed by atoms with Gasteiger partial charge in [0.2, 0.25) is 5.91 Å². The van der Waals surface area contributed by atoms with Crippen LogP contribution < -0.4 is 15.1 Å². The second-order valence-electron chi connectivity index (χ2n) is 7.34. The predicted octanol–water partition coefficient (Wildman–Crippen LogP) is 0.724. The summed E-state index contributed by atoms with van der Waals surface area (Å²) in [6.45, 7) is 10.9. The van der Waals surface area contributed by atoms with Gasteiger partial charge < -0.3 is 19.9 Å². The van der Waals surface area contributed by atoms with E-state index >= 15 is 0 Å². The Morgan fingerprint density at radius 3 is 2.41 bits per heavy atom. The number of piperazine rings is 1. The van der Waals surface area contributed by atoms with E-state index in [-0.39, 0.29) is 5.91 Å². The summed E-state index contributed by atoms with van der Waals surface area (Å²) in [5, 5.41) is 3.53. The van der Waals surface area contributed by atoms with Gasteiger partial charge in [0.15, 0.2) is 0 Å². The van der Waals surface area contributed by atoms with Gasteiger partial charge in [0, 0.05) is 4.88 Å². The molecular weight excluding hydrogens is 386 g/mol. The van der Waals surface area contributed by atoms with Gasteiger partial charge in [0.25, 0.3) is 0 Å². The number of hydrogen-bond donors (Lipinski definition) is 3. The Hall–Kier alpha value is -2.22. The molecule has 0 aliphatic carbocycles. The van der Waals surface area contributed by atoms with Gasteiger partial charge in [-0.05, 0) is 25.5 Å². The zero-order valence-corrected chi connectivity index (χ0v) is 18.1. The number of ether oxygens (including phenoxy) is 1. The van der Waals surface area contributed by atoms with Crippen LogP contribution in [0.25, 0.3) is 10.4 Å². The Morgan fingerprint density at radius 1 is 1.07 bits per heavy atom. The van der Waals surface area contributed by atoms with Crippen LogP contribution in [-0.2, 0) is 9.53 Å². The van der Waals surface area contributed by atoms with Crippen molar-refractivity contribution in [3.63, 3.8) is 0 Å². The molecule has 1 aromatic carbocycles. The minimum atomic E-state index is -0.398. The molecule has 1 saturated heterocycles. The number of likely N-dealkylation sites (N-methyl/N-ethyl adjacent to an activating group) is 1. The average Bonchev–Trinajstić information content (AvgIpc) is 3.17. The number of quaternary nitrogens is 2. The quantitative estimate of drug-likeness (QED) is 0.555. The lowest BCUT2D eigenvalue weighted by molar-refractivity contribution is -1.01. The Morgan fingerprint density at radius 2 is 1.76 bits per heavy atom. The van der Waals surface area contributed by atoms with Gasteiger partial charge >= 0.3 is 5.97 Å². The van der Waals surface area contributed by atoms with E-state index in [0.717, 1.165) is 30.1 Å². The molecule has 0 atom stereocenters. The molecule has 2 aromatic rings. The Kier molecular flexibility index (Phi) is 7.80. The molecule has 0 spiro atoms. The Bertz CT molecular complexity index is 814. The Labute approximate surface area is 176 Å². The van der Waals surface area contributed by atoms with E-state index in [0.29, 0.717) is 23.6 Å². The summed E-state index contributed by atoms with van der Waals surface area (Å²) < 4.78 is 5.19. The van der Waals surface area contributed by atoms with Crippen LogP contribution in [0.4, 0.5) is 5.00 Å². The molecule has 156 valence electrons. The van der Waals surface area contributed by atoms with Crippen molar-refractivity contribution in [1.29, 1.82) is 0 Å². The number of carbonyl (C=O) groups excluding carboxylic acids is 2. The summed E-state index contributed by atoms with van der Waals surface area (Å²) in [7, 11) is 0. The second kappa shape index (κ2) is 10.5. The topological polar surface area (TPSA) is 64.3 Å². The third kappa shape index (κ3) is 5.88. The van der Waals surface area contributed by atoms with Crippen LogP contribution in [0.1, 0.15) is 30.6 Å². The number of thiophene rings is 1. The van der Waals surface area contributed by atoms with Crippen molar-refractivity contribution in [2.24, 2.45) is 0 Å². The second-order valence-corrected chi connectivity index (χ2v) is 8.39. The van der Waals surface area contributed by atoms with E-state index in [9.17, 15) is 9.59 Å². The molecule has 2 heterocycles. The monoisotopic (exact) mass is 417 g/mol. The predicted molar refractivity (Wildman–Crippen MR) is 116 cm³/mol. The number of esters is 1. The fourth-order valence-corrected chi connectivity index (χ4v) is 4.70. The van der Waals surface area contributed by atoms with Crippen LogP contribution in [0.5, 0.6) is 0 Å². The molecule has 3 rings (SSSR count). The fourth-order valence-electron chi connectivity index (χ4n) is 3.63. The molecule has 0 radical (unpaired) electrons. The summed E-state index contributed by atoms with van der Waals surface area (Å²) in [6.07, 6.45) is 0.456. The molecule has 0 bridgehead atoms. The lowest BCUT2D eigenvalue weighted by Gasteiger charge is -2.28. The zero-order chi connectivity index (χ0) is 20.6. The minimum absolute atomic E-state index is 0.0465. The average molecular weight is 418 g/mol. The van der Waals surface area contributed by atoms with Crippen molar-refractivity contribution >= 4 is 28.2 Å². The highest BCUT2D eigenvalue weighted by atomic mass is 32.1. The minimum Gasteiger partial charge on any atom is -0.462 e. The first-order chi connectivity index (χ1) is 14.1. The summed E-state index contributed by atoms with van der Waals surface area (Å²) in [4.78, 5) is 29.0. The van der Waals surface area contributed by atoms with Crippen LogP contribution in [-0.4, -0.2) is 57.8 Å². The smallest absolute Gasteiger partial charge is 0.341 e. The van der Waals surface area contributed by atoms with Crippen molar-refractivity contribution < 1.29 is 24.1 Å². The van der Waals surface area contributed by atoms with Gasteiger partial charge in [0.05, 0.1) is 31.7 Å². The summed E-state index contributed by atoms with van der Waals surface area (Å²) in [5.74, 6) is -0.444. The van der Waals surface area contributed by atoms with E-state index in [4.69, 9.17) is 4.74 Å². The van der Waals surface area contributed by atoms with Crippen LogP contribution in [0.2, 0.25) is 0 Å². The highest BCUT2D eigenvalue weighted by Crippen LogP contribution is 2.35. The van der Waals surface area contributed by atoms with Crippen LogP contribution >= 0.6 is 11.3 Å². The molecule has 1 aromatic heterocycles. The van der Waals surface area contributed by atoms with Crippen LogP contribution in [0.3, 0.4) is 0 Å². The van der Waals surface area contributed by atoms with E-state index in [1.807, 2.05) is 36.4 Å². The number of nitrogens with one attached hydrogen (secondary N) is 3. The van der Waals surface area contributed by atoms with Gasteiger partial charge in [-0.1, -0.05) is 30.3 Å². The fraction of sp³-hybridized carbons (Fsp3) is 0.455. The first-order valence-corrected chi connectivity index (χ1v) is 11.3. The maximum absolute atomic E-state index is 12.6. The van der Waals surface area contributed by atoms with E-state index in [2.05, 4.69) is 12.2 Å². The number of hydrogen-bond acceptors (Lipinski definition) is 4. The van der Waals surface area contributed by atoms with Crippen LogP contribution in [0, 0.1) is 0 Å². The number of rotatable bonds is 8. The first kappa shape index (κ1) is 21.5. The third-order valence-electron chi connectivity index (χ3n) is 5.41. The number of amides is 1. The normalized spacial score (nSPS) is 19.0. The lowest BCUT2D eigenvalue weighted by Crippen LogP contribution is -3.28. The first-order valence-electron chi connectivity index (χ1n) is 10.4. The molecule has 1 fully saturated rings. The molecule has 0 saturated carbocycles. The maximum Gasteiger partial charge on any atom is 0.341 e. The van der Waals surface area contributed by atoms with E-state index in [1.54, 1.807) is 11.8 Å². The zero-order valence-electron chi connectivity index (χ0n) is 17.3. The molecule has 1 amide bonds. The van der Waals surface area contributed by atoms with Gasteiger partial charge in [0.1, 0.15) is 31.2 Å². The number of carbonyl (C=O) groups is 2. The highest BCUT2D eigenvalue weighted by molar-refractivity contribution is 7.20. The number of anilines is 1. The molecule has 1 aliphatic rings. The van der Waals surface area contributed by atoms with Gasteiger partial charge in [-0.2, -0.15) is 0 Å². The van der Waals surface area contributed by atoms with Crippen molar-refractivity contribution in [1.82, 2.24) is 0 Å². The highest BCUT2D eigenvalue weighted by Gasteiger charge is 2.23. The molecular formula is C22H31N3O3S+2. The van der Waals surface area contributed by atoms with Gasteiger partial charge in [-0.3, -0.25) is 4.79 Å². The largest absolute Gasteiger partial charge is 0.462 e. The number of benzene rings is 1. The summed E-state index contributed by atoms with van der Waals surface area (Å²) in [6, 6.07) is 11.7. The Balaban J connectivity index is 1.64. The summed E-state index contributed by atoms with van der Waals surface area (Å²) in [5.41, 5.74) is 1.45. The SMILES string of the molecule is CCOC(=O)c1cc(-c2ccccc2)sc1NC(=O)CC[NH+]1CC[NH+](CC)CC1. The molecule has 3 N–H and O–H groups in total. The van der Waals surface area contributed by atoms with E-state index in [1.165, 1.54) is 35.9 Å². The van der Waals surface area contributed by atoms with E-state index < -0.39 is 5.97 Å². The van der Waals surface area contributed by atoms with Gasteiger partial charge in [-0.25, -0.2) is 4.79 Å². The maximum atomic E-state index is 12.6. The summed E-state index contributed by atoms with van der Waals surface area (Å²) >= 11 is 1.42. The lowest BCUT2D eigenvalue weighted by atomic mass is 10.1. The van der Waals surface area contributed by atoms with Crippen molar-refractivity contribution in [2.75, 3.05) is 51.2 Å². The molecule has 7 heteroatoms. The van der Waals surface area contributed by atoms with Crippen molar-refractivity contribution in [3.05, 3.63) is 42.0 Å².